The highest BCUT2D eigenvalue weighted by Gasteiger charge is 2.39. The Morgan fingerprint density at radius 1 is 1.43 bits per heavy atom. The topological polar surface area (TPSA) is 38.5 Å². The first kappa shape index (κ1) is 16.2. The Morgan fingerprint density at radius 3 is 2.81 bits per heavy atom. The lowest BCUT2D eigenvalue weighted by atomic mass is 9.71. The Balaban J connectivity index is 2.26. The molecule has 2 atom stereocenters. The number of nitrogens with zero attached hydrogens (tertiary/aromatic N) is 1. The molecule has 2 unspecified atom stereocenters. The average Bonchev–Trinajstić information content (AvgIpc) is 2.54. The fourth-order valence-electron chi connectivity index (χ4n) is 3.67. The Hall–Kier alpha value is -1.22. The molecule has 0 bridgehead atoms. The summed E-state index contributed by atoms with van der Waals surface area (Å²) in [6, 6.07) is 8.30. The first-order valence-electron chi connectivity index (χ1n) is 8.10. The van der Waals surface area contributed by atoms with E-state index in [0.29, 0.717) is 6.54 Å². The maximum Gasteiger partial charge on any atom is 0.120 e. The molecule has 0 saturated heterocycles. The summed E-state index contributed by atoms with van der Waals surface area (Å²) in [5.74, 6) is 2.41. The maximum atomic E-state index is 6.24. The molecule has 1 aromatic rings. The summed E-state index contributed by atoms with van der Waals surface area (Å²) in [7, 11) is 3.90. The van der Waals surface area contributed by atoms with Crippen LogP contribution in [0, 0.1) is 11.8 Å². The molecule has 118 valence electrons. The number of anilines is 1. The molecule has 1 saturated carbocycles. The number of rotatable bonds is 5. The summed E-state index contributed by atoms with van der Waals surface area (Å²) >= 11 is 0. The molecule has 2 rings (SSSR count). The van der Waals surface area contributed by atoms with Crippen molar-refractivity contribution in [1.29, 1.82) is 0 Å². The Kier molecular flexibility index (Phi) is 5.15. The molecular formula is C18H30N2O. The Morgan fingerprint density at radius 2 is 2.19 bits per heavy atom. The highest BCUT2D eigenvalue weighted by Crippen LogP contribution is 2.41. The second kappa shape index (κ2) is 6.69. The van der Waals surface area contributed by atoms with Crippen LogP contribution in [0.3, 0.4) is 0 Å². The summed E-state index contributed by atoms with van der Waals surface area (Å²) in [4.78, 5) is 2.39. The van der Waals surface area contributed by atoms with Gasteiger partial charge in [-0.3, -0.25) is 0 Å². The maximum absolute atomic E-state index is 6.24. The Bertz CT molecular complexity index is 460. The van der Waals surface area contributed by atoms with E-state index < -0.39 is 0 Å². The molecule has 0 heterocycles. The zero-order valence-electron chi connectivity index (χ0n) is 13.9. The van der Waals surface area contributed by atoms with Crippen LogP contribution in [0.25, 0.3) is 0 Å². The van der Waals surface area contributed by atoms with Gasteiger partial charge in [-0.1, -0.05) is 32.8 Å². The number of hydrogen-bond donors (Lipinski definition) is 1. The van der Waals surface area contributed by atoms with Gasteiger partial charge in [-0.25, -0.2) is 0 Å². The predicted molar refractivity (Wildman–Crippen MR) is 90.0 cm³/mol. The minimum absolute atomic E-state index is 0.0829. The van der Waals surface area contributed by atoms with E-state index in [-0.39, 0.29) is 5.54 Å². The van der Waals surface area contributed by atoms with Gasteiger partial charge in [0.1, 0.15) is 5.75 Å². The van der Waals surface area contributed by atoms with Crippen LogP contribution in [-0.2, 0) is 0 Å². The molecule has 0 aliphatic heterocycles. The molecule has 1 fully saturated rings. The van der Waals surface area contributed by atoms with Gasteiger partial charge >= 0.3 is 0 Å². The van der Waals surface area contributed by atoms with Crippen molar-refractivity contribution in [3.63, 3.8) is 0 Å². The number of nitrogens with two attached hydrogens (primary N) is 1. The van der Waals surface area contributed by atoms with E-state index in [9.17, 15) is 0 Å². The van der Waals surface area contributed by atoms with Crippen molar-refractivity contribution in [2.75, 3.05) is 25.6 Å². The first-order chi connectivity index (χ1) is 10.0. The molecule has 1 aliphatic rings. The molecule has 21 heavy (non-hydrogen) atoms. The minimum atomic E-state index is 0.0829. The van der Waals surface area contributed by atoms with E-state index in [1.165, 1.54) is 31.4 Å². The molecule has 0 amide bonds. The van der Waals surface area contributed by atoms with Crippen molar-refractivity contribution in [3.05, 3.63) is 24.3 Å². The quantitative estimate of drug-likeness (QED) is 0.899. The zero-order valence-corrected chi connectivity index (χ0v) is 13.9. The fourth-order valence-corrected chi connectivity index (χ4v) is 3.67. The summed E-state index contributed by atoms with van der Waals surface area (Å²) in [6.45, 7) is 5.38. The van der Waals surface area contributed by atoms with Crippen molar-refractivity contribution in [1.82, 2.24) is 0 Å². The summed E-state index contributed by atoms with van der Waals surface area (Å²) < 4.78 is 5.36. The van der Waals surface area contributed by atoms with Gasteiger partial charge in [0.2, 0.25) is 0 Å². The van der Waals surface area contributed by atoms with Gasteiger partial charge in [-0.2, -0.15) is 0 Å². The lowest BCUT2D eigenvalue weighted by Gasteiger charge is -2.48. The average molecular weight is 290 g/mol. The number of likely N-dealkylation sites (N-methyl/N-ethyl adjacent to an activating group) is 1. The van der Waals surface area contributed by atoms with Crippen molar-refractivity contribution in [3.8, 4) is 5.75 Å². The van der Waals surface area contributed by atoms with Gasteiger partial charge in [-0.05, 0) is 36.8 Å². The van der Waals surface area contributed by atoms with E-state index in [0.717, 1.165) is 17.6 Å². The van der Waals surface area contributed by atoms with Crippen LogP contribution in [0.5, 0.6) is 5.75 Å². The van der Waals surface area contributed by atoms with Crippen LogP contribution in [-0.4, -0.2) is 26.2 Å². The molecule has 0 spiro atoms. The third-order valence-electron chi connectivity index (χ3n) is 5.33. The molecule has 3 nitrogen and oxygen atoms in total. The van der Waals surface area contributed by atoms with Gasteiger partial charge in [0, 0.05) is 25.3 Å². The van der Waals surface area contributed by atoms with Crippen LogP contribution in [0.1, 0.15) is 39.5 Å². The minimum Gasteiger partial charge on any atom is -0.497 e. The second-order valence-electron chi connectivity index (χ2n) is 6.79. The SMILES string of the molecule is COc1cccc(N(C)C2(CN)CCCC(C(C)C)C2)c1. The van der Waals surface area contributed by atoms with E-state index in [2.05, 4.69) is 44.0 Å². The van der Waals surface area contributed by atoms with Gasteiger partial charge in [0.05, 0.1) is 12.6 Å². The van der Waals surface area contributed by atoms with Gasteiger partial charge in [0.25, 0.3) is 0 Å². The normalized spacial score (nSPS) is 25.9. The lowest BCUT2D eigenvalue weighted by Crippen LogP contribution is -2.55. The summed E-state index contributed by atoms with van der Waals surface area (Å²) in [5, 5.41) is 0. The van der Waals surface area contributed by atoms with E-state index in [4.69, 9.17) is 10.5 Å². The van der Waals surface area contributed by atoms with E-state index in [1.54, 1.807) is 7.11 Å². The fraction of sp³-hybridized carbons (Fsp3) is 0.667. The van der Waals surface area contributed by atoms with Crippen molar-refractivity contribution < 1.29 is 4.74 Å². The summed E-state index contributed by atoms with van der Waals surface area (Å²) in [5.41, 5.74) is 7.52. The predicted octanol–water partition coefficient (Wildman–Crippen LogP) is 3.68. The lowest BCUT2D eigenvalue weighted by molar-refractivity contribution is 0.183. The van der Waals surface area contributed by atoms with Gasteiger partial charge in [0.15, 0.2) is 0 Å². The first-order valence-corrected chi connectivity index (χ1v) is 8.10. The number of methoxy groups -OCH3 is 1. The van der Waals surface area contributed by atoms with Gasteiger partial charge < -0.3 is 15.4 Å². The summed E-state index contributed by atoms with van der Waals surface area (Å²) in [6.07, 6.45) is 4.98. The highest BCUT2D eigenvalue weighted by atomic mass is 16.5. The van der Waals surface area contributed by atoms with E-state index in [1.807, 2.05) is 6.07 Å². The standard InChI is InChI=1S/C18H30N2O/c1-14(2)15-7-6-10-18(12-15,13-19)20(3)16-8-5-9-17(11-16)21-4/h5,8-9,11,14-15H,6-7,10,12-13,19H2,1-4H3. The van der Waals surface area contributed by atoms with Crippen molar-refractivity contribution >= 4 is 5.69 Å². The zero-order chi connectivity index (χ0) is 15.5. The highest BCUT2D eigenvalue weighted by molar-refractivity contribution is 5.52. The van der Waals surface area contributed by atoms with Crippen LogP contribution in [0.2, 0.25) is 0 Å². The number of hydrogen-bond acceptors (Lipinski definition) is 3. The largest absolute Gasteiger partial charge is 0.497 e. The van der Waals surface area contributed by atoms with E-state index >= 15 is 0 Å². The van der Waals surface area contributed by atoms with Crippen molar-refractivity contribution in [2.45, 2.75) is 45.1 Å². The van der Waals surface area contributed by atoms with Crippen LogP contribution >= 0.6 is 0 Å². The van der Waals surface area contributed by atoms with Crippen LogP contribution in [0.15, 0.2) is 24.3 Å². The van der Waals surface area contributed by atoms with Crippen LogP contribution < -0.4 is 15.4 Å². The molecular weight excluding hydrogens is 260 g/mol. The number of ether oxygens (including phenoxy) is 1. The van der Waals surface area contributed by atoms with Crippen molar-refractivity contribution in [2.24, 2.45) is 17.6 Å². The second-order valence-corrected chi connectivity index (χ2v) is 6.79. The Labute approximate surface area is 129 Å². The van der Waals surface area contributed by atoms with Gasteiger partial charge in [-0.15, -0.1) is 0 Å². The molecule has 0 aromatic heterocycles. The molecule has 2 N–H and O–H groups in total. The molecule has 1 aromatic carbocycles. The molecule has 0 radical (unpaired) electrons. The monoisotopic (exact) mass is 290 g/mol. The smallest absolute Gasteiger partial charge is 0.120 e. The third-order valence-corrected chi connectivity index (χ3v) is 5.33. The third kappa shape index (κ3) is 3.34. The number of benzene rings is 1. The van der Waals surface area contributed by atoms with Crippen LogP contribution in [0.4, 0.5) is 5.69 Å². The molecule has 3 heteroatoms. The molecule has 1 aliphatic carbocycles.